The van der Waals surface area contributed by atoms with E-state index < -0.39 is 0 Å². The third-order valence-electron chi connectivity index (χ3n) is 4.29. The number of fused-ring (bicyclic) bond motifs is 1. The van der Waals surface area contributed by atoms with Gasteiger partial charge in [0, 0.05) is 23.9 Å². The molecule has 1 amide bonds. The molecule has 4 rings (SSSR count). The summed E-state index contributed by atoms with van der Waals surface area (Å²) in [5.74, 6) is 0.163. The van der Waals surface area contributed by atoms with Gasteiger partial charge in [-0.3, -0.25) is 9.48 Å². The Balaban J connectivity index is 1.69. The largest absolute Gasteiger partial charge is 0.330 e. The average Bonchev–Trinajstić information content (AvgIpc) is 3.25. The highest BCUT2D eigenvalue weighted by molar-refractivity contribution is 7.20. The fraction of sp³-hybridized carbons (Fsp3) is 0.375. The van der Waals surface area contributed by atoms with Gasteiger partial charge in [-0.25, -0.2) is 0 Å². The number of likely N-dealkylation sites (tertiary alicyclic amines) is 1. The molecule has 4 heterocycles. The number of carbonyl (C=O) groups excluding carboxylic acids is 1. The first-order chi connectivity index (χ1) is 10.6. The lowest BCUT2D eigenvalue weighted by Gasteiger charge is -2.23. The first-order valence-corrected chi connectivity index (χ1v) is 9.12. The Kier molecular flexibility index (Phi) is 3.31. The van der Waals surface area contributed by atoms with Crippen LogP contribution in [0.2, 0.25) is 0 Å². The number of nitrogens with zero attached hydrogens (tertiary/aromatic N) is 3. The maximum atomic E-state index is 13.0. The zero-order chi connectivity index (χ0) is 15.3. The number of aryl methyl sites for hydroxylation is 2. The van der Waals surface area contributed by atoms with Gasteiger partial charge in [-0.05, 0) is 37.3 Å². The van der Waals surface area contributed by atoms with Crippen LogP contribution in [0.1, 0.15) is 39.1 Å². The second-order valence-corrected chi connectivity index (χ2v) is 7.72. The van der Waals surface area contributed by atoms with Crippen molar-refractivity contribution < 1.29 is 4.79 Å². The van der Waals surface area contributed by atoms with Gasteiger partial charge in [0.25, 0.3) is 5.91 Å². The molecule has 114 valence electrons. The molecular formula is C16H17N3OS2. The van der Waals surface area contributed by atoms with E-state index in [0.717, 1.165) is 40.2 Å². The predicted octanol–water partition coefficient (Wildman–Crippen LogP) is 3.98. The molecule has 0 saturated carbocycles. The molecule has 0 aromatic carbocycles. The van der Waals surface area contributed by atoms with Gasteiger partial charge in [0.1, 0.15) is 4.83 Å². The van der Waals surface area contributed by atoms with Gasteiger partial charge in [0.05, 0.1) is 16.6 Å². The van der Waals surface area contributed by atoms with E-state index in [-0.39, 0.29) is 11.9 Å². The average molecular weight is 331 g/mol. The lowest BCUT2D eigenvalue weighted by atomic mass is 10.2. The van der Waals surface area contributed by atoms with Crippen LogP contribution >= 0.6 is 22.7 Å². The fourth-order valence-corrected chi connectivity index (χ4v) is 5.19. The summed E-state index contributed by atoms with van der Waals surface area (Å²) < 4.78 is 1.87. The number of hydrogen-bond donors (Lipinski definition) is 0. The highest BCUT2D eigenvalue weighted by Crippen LogP contribution is 2.37. The van der Waals surface area contributed by atoms with Crippen LogP contribution in [0.5, 0.6) is 0 Å². The lowest BCUT2D eigenvalue weighted by Crippen LogP contribution is -2.29. The number of hydrogen-bond acceptors (Lipinski definition) is 4. The molecule has 0 spiro atoms. The van der Waals surface area contributed by atoms with Crippen LogP contribution in [-0.2, 0) is 7.05 Å². The van der Waals surface area contributed by atoms with Crippen LogP contribution in [0, 0.1) is 6.92 Å². The summed E-state index contributed by atoms with van der Waals surface area (Å²) >= 11 is 3.30. The van der Waals surface area contributed by atoms with E-state index in [4.69, 9.17) is 0 Å². The maximum absolute atomic E-state index is 13.0. The summed E-state index contributed by atoms with van der Waals surface area (Å²) in [6.45, 7) is 2.85. The van der Waals surface area contributed by atoms with Crippen molar-refractivity contribution >= 4 is 38.8 Å². The van der Waals surface area contributed by atoms with E-state index in [1.807, 2.05) is 29.6 Å². The molecule has 0 bridgehead atoms. The molecule has 0 aliphatic carbocycles. The monoisotopic (exact) mass is 331 g/mol. The molecule has 1 atom stereocenters. The van der Waals surface area contributed by atoms with E-state index in [1.165, 1.54) is 4.88 Å². The molecule has 3 aromatic rings. The Morgan fingerprint density at radius 3 is 3.05 bits per heavy atom. The summed E-state index contributed by atoms with van der Waals surface area (Å²) in [7, 11) is 1.93. The van der Waals surface area contributed by atoms with Gasteiger partial charge in [-0.2, -0.15) is 5.10 Å². The molecule has 1 aliphatic rings. The minimum Gasteiger partial charge on any atom is -0.330 e. The predicted molar refractivity (Wildman–Crippen MR) is 90.7 cm³/mol. The first kappa shape index (κ1) is 14.0. The first-order valence-electron chi connectivity index (χ1n) is 7.42. The van der Waals surface area contributed by atoms with Crippen LogP contribution in [0.4, 0.5) is 0 Å². The Morgan fingerprint density at radius 1 is 1.45 bits per heavy atom. The van der Waals surface area contributed by atoms with Crippen LogP contribution in [0.25, 0.3) is 10.2 Å². The fourth-order valence-electron chi connectivity index (χ4n) is 3.24. The number of carbonyl (C=O) groups is 1. The molecule has 0 radical (unpaired) electrons. The van der Waals surface area contributed by atoms with E-state index in [9.17, 15) is 4.79 Å². The Morgan fingerprint density at radius 2 is 2.32 bits per heavy atom. The molecule has 1 aliphatic heterocycles. The van der Waals surface area contributed by atoms with E-state index in [1.54, 1.807) is 22.7 Å². The molecule has 1 saturated heterocycles. The van der Waals surface area contributed by atoms with Gasteiger partial charge < -0.3 is 4.90 Å². The molecular weight excluding hydrogens is 314 g/mol. The van der Waals surface area contributed by atoms with Gasteiger partial charge in [0.15, 0.2) is 0 Å². The normalized spacial score (nSPS) is 18.5. The Labute approximate surface area is 137 Å². The van der Waals surface area contributed by atoms with E-state index in [2.05, 4.69) is 22.6 Å². The quantitative estimate of drug-likeness (QED) is 0.712. The second-order valence-electron chi connectivity index (χ2n) is 5.71. The van der Waals surface area contributed by atoms with Crippen LogP contribution in [0.15, 0.2) is 23.6 Å². The van der Waals surface area contributed by atoms with Gasteiger partial charge in [0.2, 0.25) is 0 Å². The second kappa shape index (κ2) is 5.21. The van der Waals surface area contributed by atoms with Crippen molar-refractivity contribution in [3.8, 4) is 0 Å². The molecule has 1 fully saturated rings. The highest BCUT2D eigenvalue weighted by atomic mass is 32.1. The number of amides is 1. The summed E-state index contributed by atoms with van der Waals surface area (Å²) in [6.07, 6.45) is 2.15. The highest BCUT2D eigenvalue weighted by Gasteiger charge is 2.32. The molecule has 3 aromatic heterocycles. The third kappa shape index (κ3) is 2.09. The van der Waals surface area contributed by atoms with Crippen molar-refractivity contribution in [3.63, 3.8) is 0 Å². The summed E-state index contributed by atoms with van der Waals surface area (Å²) in [6, 6.07) is 6.46. The van der Waals surface area contributed by atoms with E-state index in [0.29, 0.717) is 0 Å². The van der Waals surface area contributed by atoms with Crippen LogP contribution in [-0.4, -0.2) is 27.1 Å². The number of thiophene rings is 2. The van der Waals surface area contributed by atoms with Crippen molar-refractivity contribution in [2.24, 2.45) is 7.05 Å². The Bertz CT molecular complexity index is 797. The molecule has 0 N–H and O–H groups in total. The number of aromatic nitrogens is 2. The van der Waals surface area contributed by atoms with Crippen molar-refractivity contribution in [1.82, 2.24) is 14.7 Å². The topological polar surface area (TPSA) is 38.1 Å². The molecule has 6 heteroatoms. The lowest BCUT2D eigenvalue weighted by molar-refractivity contribution is 0.0743. The van der Waals surface area contributed by atoms with Crippen molar-refractivity contribution in [2.75, 3.05) is 6.54 Å². The zero-order valence-electron chi connectivity index (χ0n) is 12.6. The zero-order valence-corrected chi connectivity index (χ0v) is 14.2. The molecule has 1 unspecified atom stereocenters. The summed E-state index contributed by atoms with van der Waals surface area (Å²) in [5, 5.41) is 7.60. The van der Waals surface area contributed by atoms with Crippen molar-refractivity contribution in [1.29, 1.82) is 0 Å². The van der Waals surface area contributed by atoms with Crippen LogP contribution < -0.4 is 0 Å². The van der Waals surface area contributed by atoms with E-state index >= 15 is 0 Å². The third-order valence-corrected chi connectivity index (χ3v) is 6.46. The van der Waals surface area contributed by atoms with Crippen molar-refractivity contribution in [3.05, 3.63) is 39.0 Å². The molecule has 22 heavy (non-hydrogen) atoms. The Hall–Kier alpha value is -1.66. The van der Waals surface area contributed by atoms with Crippen molar-refractivity contribution in [2.45, 2.75) is 25.8 Å². The summed E-state index contributed by atoms with van der Waals surface area (Å²) in [5.41, 5.74) is 0.990. The maximum Gasteiger partial charge on any atom is 0.264 e. The van der Waals surface area contributed by atoms with Gasteiger partial charge >= 0.3 is 0 Å². The van der Waals surface area contributed by atoms with Crippen LogP contribution in [0.3, 0.4) is 0 Å². The number of rotatable bonds is 2. The van der Waals surface area contributed by atoms with Gasteiger partial charge in [-0.15, -0.1) is 22.7 Å². The minimum absolute atomic E-state index is 0.163. The standard InChI is InChI=1S/C16H17N3OS2/c1-10-11-9-14(22-16(11)18(2)17-10)15(20)19-7-3-5-12(19)13-6-4-8-21-13/h4,6,8-9,12H,3,5,7H2,1-2H3. The smallest absolute Gasteiger partial charge is 0.264 e. The minimum atomic E-state index is 0.163. The van der Waals surface area contributed by atoms with Gasteiger partial charge in [-0.1, -0.05) is 6.07 Å². The SMILES string of the molecule is Cc1nn(C)c2sc(C(=O)N3CCCC3c3cccs3)cc12. The summed E-state index contributed by atoms with van der Waals surface area (Å²) in [4.78, 5) is 18.2. The molecule has 4 nitrogen and oxygen atoms in total.